The molecule has 0 aromatic heterocycles. The van der Waals surface area contributed by atoms with Crippen LogP contribution >= 0.6 is 0 Å². The molecule has 5 heteroatoms. The Morgan fingerprint density at radius 1 is 1.22 bits per heavy atom. The van der Waals surface area contributed by atoms with E-state index in [-0.39, 0.29) is 17.9 Å². The van der Waals surface area contributed by atoms with Crippen molar-refractivity contribution in [3.63, 3.8) is 0 Å². The largest absolute Gasteiger partial charge is 0.465 e. The van der Waals surface area contributed by atoms with Crippen molar-refractivity contribution in [2.75, 3.05) is 19.4 Å². The number of esters is 1. The summed E-state index contributed by atoms with van der Waals surface area (Å²) in [6.45, 7) is 12.2. The molecule has 23 heavy (non-hydrogen) atoms. The van der Waals surface area contributed by atoms with E-state index in [2.05, 4.69) is 38.4 Å². The Kier molecular flexibility index (Phi) is 7.29. The van der Waals surface area contributed by atoms with Crippen molar-refractivity contribution >= 4 is 19.7 Å². The second-order valence-corrected chi connectivity index (χ2v) is 13.4. The maximum absolute atomic E-state index is 12.5. The van der Waals surface area contributed by atoms with Crippen molar-refractivity contribution in [2.24, 2.45) is 5.92 Å². The van der Waals surface area contributed by atoms with E-state index < -0.39 is 8.07 Å². The fraction of sp³-hybridized carbons (Fsp3) is 0.611. The predicted molar refractivity (Wildman–Crippen MR) is 100 cm³/mol. The fourth-order valence-corrected chi connectivity index (χ4v) is 3.23. The number of hydrogen-bond acceptors (Lipinski definition) is 4. The minimum absolute atomic E-state index is 0.115. The lowest BCUT2D eigenvalue weighted by Gasteiger charge is -2.29. The number of benzene rings is 1. The number of rotatable bonds is 8. The molecule has 1 aromatic rings. The molecular weight excluding hydrogens is 304 g/mol. The van der Waals surface area contributed by atoms with Gasteiger partial charge in [0.2, 0.25) is 0 Å². The first-order valence-corrected chi connectivity index (χ1v) is 12.0. The van der Waals surface area contributed by atoms with E-state index in [0.29, 0.717) is 13.2 Å². The number of nitrogens with zero attached hydrogens (tertiary/aromatic N) is 1. The standard InChI is InChI=1S/C18H32N2O2Si/c1-14(2)17(18(21)22-11-12-23(4,5)6)20(3)13-15-7-9-16(19)10-8-15/h7-10,14,17H,11-13,19H2,1-6H3/t17-/m0/s1. The Morgan fingerprint density at radius 2 is 1.78 bits per heavy atom. The molecule has 0 saturated heterocycles. The minimum atomic E-state index is -1.18. The van der Waals surface area contributed by atoms with Gasteiger partial charge < -0.3 is 10.5 Å². The minimum Gasteiger partial charge on any atom is -0.465 e. The Morgan fingerprint density at radius 3 is 2.26 bits per heavy atom. The molecule has 1 aromatic carbocycles. The SMILES string of the molecule is CC(C)[C@@H](C(=O)OCC[Si](C)(C)C)N(C)Cc1ccc(N)cc1. The fourth-order valence-electron chi connectivity index (χ4n) is 2.51. The van der Waals surface area contributed by atoms with Gasteiger partial charge in [0.25, 0.3) is 0 Å². The van der Waals surface area contributed by atoms with Crippen LogP contribution in [0.1, 0.15) is 19.4 Å². The average molecular weight is 337 g/mol. The maximum atomic E-state index is 12.5. The lowest BCUT2D eigenvalue weighted by molar-refractivity contribution is -0.151. The van der Waals surface area contributed by atoms with Gasteiger partial charge >= 0.3 is 5.97 Å². The molecule has 0 saturated carbocycles. The van der Waals surface area contributed by atoms with Gasteiger partial charge in [-0.15, -0.1) is 0 Å². The third kappa shape index (κ3) is 7.18. The second kappa shape index (κ2) is 8.50. The highest BCUT2D eigenvalue weighted by molar-refractivity contribution is 6.76. The smallest absolute Gasteiger partial charge is 0.323 e. The number of carbonyl (C=O) groups excluding carboxylic acids is 1. The quantitative estimate of drug-likeness (QED) is 0.448. The predicted octanol–water partition coefficient (Wildman–Crippen LogP) is 3.61. The van der Waals surface area contributed by atoms with E-state index >= 15 is 0 Å². The van der Waals surface area contributed by atoms with Crippen LogP contribution in [0.3, 0.4) is 0 Å². The summed E-state index contributed by atoms with van der Waals surface area (Å²) in [5, 5.41) is 0. The molecule has 0 spiro atoms. The highest BCUT2D eigenvalue weighted by Gasteiger charge is 2.28. The number of carbonyl (C=O) groups is 1. The van der Waals surface area contributed by atoms with Crippen molar-refractivity contribution < 1.29 is 9.53 Å². The topological polar surface area (TPSA) is 55.6 Å². The summed E-state index contributed by atoms with van der Waals surface area (Å²) in [6, 6.07) is 8.55. The molecular formula is C18H32N2O2Si. The Labute approximate surface area is 142 Å². The van der Waals surface area contributed by atoms with E-state index in [0.717, 1.165) is 17.3 Å². The highest BCUT2D eigenvalue weighted by Crippen LogP contribution is 2.16. The molecule has 2 N–H and O–H groups in total. The first-order valence-electron chi connectivity index (χ1n) is 8.31. The number of likely N-dealkylation sites (N-methyl/N-ethyl adjacent to an activating group) is 1. The van der Waals surface area contributed by atoms with E-state index in [1.54, 1.807) is 0 Å². The molecule has 0 bridgehead atoms. The zero-order valence-corrected chi connectivity index (χ0v) is 16.4. The van der Waals surface area contributed by atoms with Gasteiger partial charge in [0.05, 0.1) is 6.61 Å². The summed E-state index contributed by atoms with van der Waals surface area (Å²) in [5.41, 5.74) is 7.61. The van der Waals surface area contributed by atoms with Crippen molar-refractivity contribution in [1.29, 1.82) is 0 Å². The van der Waals surface area contributed by atoms with Crippen molar-refractivity contribution in [2.45, 2.75) is 52.1 Å². The van der Waals surface area contributed by atoms with Gasteiger partial charge in [0, 0.05) is 20.3 Å². The normalized spacial score (nSPS) is 13.4. The first kappa shape index (κ1) is 19.7. The number of nitrogens with two attached hydrogens (primary N) is 1. The zero-order chi connectivity index (χ0) is 17.6. The molecule has 0 aliphatic rings. The van der Waals surface area contributed by atoms with Gasteiger partial charge in [-0.1, -0.05) is 45.6 Å². The Hall–Kier alpha value is -1.33. The van der Waals surface area contributed by atoms with Gasteiger partial charge in [0.15, 0.2) is 0 Å². The summed E-state index contributed by atoms with van der Waals surface area (Å²) in [7, 11) is 0.791. The van der Waals surface area contributed by atoms with Gasteiger partial charge in [0.1, 0.15) is 6.04 Å². The van der Waals surface area contributed by atoms with E-state index in [1.807, 2.05) is 31.3 Å². The van der Waals surface area contributed by atoms with Crippen LogP contribution in [-0.4, -0.2) is 38.6 Å². The maximum Gasteiger partial charge on any atom is 0.323 e. The summed E-state index contributed by atoms with van der Waals surface area (Å²) < 4.78 is 5.55. The van der Waals surface area contributed by atoms with Crippen LogP contribution < -0.4 is 5.73 Å². The summed E-state index contributed by atoms with van der Waals surface area (Å²) in [5.74, 6) is 0.0874. The van der Waals surface area contributed by atoms with Crippen LogP contribution in [0, 0.1) is 5.92 Å². The van der Waals surface area contributed by atoms with Gasteiger partial charge in [-0.05, 0) is 36.7 Å². The number of anilines is 1. The third-order valence-corrected chi connectivity index (χ3v) is 5.56. The van der Waals surface area contributed by atoms with Crippen molar-refractivity contribution in [1.82, 2.24) is 4.90 Å². The van der Waals surface area contributed by atoms with Gasteiger partial charge in [-0.2, -0.15) is 0 Å². The summed E-state index contributed by atoms with van der Waals surface area (Å²) >= 11 is 0. The van der Waals surface area contributed by atoms with E-state index in [9.17, 15) is 4.79 Å². The Balaban J connectivity index is 2.65. The molecule has 0 aliphatic heterocycles. The molecule has 1 atom stereocenters. The zero-order valence-electron chi connectivity index (χ0n) is 15.4. The molecule has 1 rings (SSSR count). The number of hydrogen-bond donors (Lipinski definition) is 1. The van der Waals surface area contributed by atoms with Gasteiger partial charge in [-0.3, -0.25) is 9.69 Å². The number of nitrogen functional groups attached to an aromatic ring is 1. The molecule has 0 radical (unpaired) electrons. The number of ether oxygens (including phenoxy) is 1. The van der Waals surface area contributed by atoms with Crippen LogP contribution in [0.4, 0.5) is 5.69 Å². The molecule has 130 valence electrons. The van der Waals surface area contributed by atoms with Gasteiger partial charge in [-0.25, -0.2) is 0 Å². The van der Waals surface area contributed by atoms with E-state index in [4.69, 9.17) is 10.5 Å². The van der Waals surface area contributed by atoms with Crippen LogP contribution in [0.15, 0.2) is 24.3 Å². The summed E-state index contributed by atoms with van der Waals surface area (Å²) in [6.07, 6.45) is 0. The highest BCUT2D eigenvalue weighted by atomic mass is 28.3. The first-order chi connectivity index (χ1) is 10.6. The third-order valence-electron chi connectivity index (χ3n) is 3.86. The molecule has 0 amide bonds. The lowest BCUT2D eigenvalue weighted by atomic mass is 10.0. The Bertz CT molecular complexity index is 495. The van der Waals surface area contributed by atoms with Crippen LogP contribution in [0.2, 0.25) is 25.7 Å². The molecule has 0 heterocycles. The monoisotopic (exact) mass is 336 g/mol. The van der Waals surface area contributed by atoms with Crippen LogP contribution in [0.25, 0.3) is 0 Å². The molecule has 4 nitrogen and oxygen atoms in total. The van der Waals surface area contributed by atoms with Crippen molar-refractivity contribution in [3.05, 3.63) is 29.8 Å². The second-order valence-electron chi connectivity index (χ2n) is 7.82. The van der Waals surface area contributed by atoms with E-state index in [1.165, 1.54) is 0 Å². The van der Waals surface area contributed by atoms with Crippen molar-refractivity contribution in [3.8, 4) is 0 Å². The molecule has 0 aliphatic carbocycles. The average Bonchev–Trinajstić information content (AvgIpc) is 2.39. The van der Waals surface area contributed by atoms with Crippen LogP contribution in [-0.2, 0) is 16.1 Å². The summed E-state index contributed by atoms with van der Waals surface area (Å²) in [4.78, 5) is 14.6. The van der Waals surface area contributed by atoms with Crippen LogP contribution in [0.5, 0.6) is 0 Å². The molecule has 0 fully saturated rings. The molecule has 0 unspecified atom stereocenters. The lowest BCUT2D eigenvalue weighted by Crippen LogP contribution is -2.43.